The number of hydrogen-bond donors (Lipinski definition) is 1. The third-order valence-corrected chi connectivity index (χ3v) is 4.96. The number of ether oxygens (including phenoxy) is 1. The number of carbonyl (C=O) groups excluding carboxylic acids is 1. The lowest BCUT2D eigenvalue weighted by atomic mass is 10.2. The molecule has 148 valence electrons. The van der Waals surface area contributed by atoms with Gasteiger partial charge in [-0.1, -0.05) is 0 Å². The van der Waals surface area contributed by atoms with Crippen LogP contribution < -0.4 is 19.9 Å². The summed E-state index contributed by atoms with van der Waals surface area (Å²) in [5.41, 5.74) is 2.50. The van der Waals surface area contributed by atoms with Crippen molar-refractivity contribution in [2.75, 3.05) is 48.4 Å². The highest BCUT2D eigenvalue weighted by molar-refractivity contribution is 6.04. The molecule has 1 N–H and O–H groups in total. The van der Waals surface area contributed by atoms with Gasteiger partial charge in [0.15, 0.2) is 0 Å². The van der Waals surface area contributed by atoms with Gasteiger partial charge < -0.3 is 19.9 Å². The van der Waals surface area contributed by atoms with Crippen LogP contribution in [0.5, 0.6) is 5.75 Å². The Morgan fingerprint density at radius 1 is 0.897 bits per heavy atom. The third-order valence-electron chi connectivity index (χ3n) is 4.96. The molecule has 0 saturated carbocycles. The molecule has 1 fully saturated rings. The standard InChI is InChI=1S/C22H23N5O2/c1-29-20-9-3-17(4-10-20)21(28)25-18-5-7-19(8-6-18)26-13-15-27(16-14-26)22-23-11-2-12-24-22/h2-12H,13-16H2,1H3,(H,25,28). The molecule has 1 saturated heterocycles. The maximum atomic E-state index is 12.4. The summed E-state index contributed by atoms with van der Waals surface area (Å²) in [6.45, 7) is 3.55. The minimum absolute atomic E-state index is 0.142. The van der Waals surface area contributed by atoms with Gasteiger partial charge in [-0.25, -0.2) is 9.97 Å². The summed E-state index contributed by atoms with van der Waals surface area (Å²) in [6.07, 6.45) is 3.54. The van der Waals surface area contributed by atoms with Crippen molar-refractivity contribution in [3.05, 3.63) is 72.6 Å². The zero-order valence-electron chi connectivity index (χ0n) is 16.3. The molecule has 0 atom stereocenters. The van der Waals surface area contributed by atoms with Gasteiger partial charge in [0.1, 0.15) is 5.75 Å². The fourth-order valence-corrected chi connectivity index (χ4v) is 3.32. The summed E-state index contributed by atoms with van der Waals surface area (Å²) in [4.78, 5) is 25.6. The predicted molar refractivity (Wildman–Crippen MR) is 114 cm³/mol. The van der Waals surface area contributed by atoms with Crippen LogP contribution in [-0.2, 0) is 0 Å². The van der Waals surface area contributed by atoms with Crippen molar-refractivity contribution in [1.82, 2.24) is 9.97 Å². The normalized spacial score (nSPS) is 13.8. The van der Waals surface area contributed by atoms with Gasteiger partial charge in [0.2, 0.25) is 5.95 Å². The summed E-state index contributed by atoms with van der Waals surface area (Å²) in [6, 6.07) is 16.8. The predicted octanol–water partition coefficient (Wildman–Crippen LogP) is 3.06. The van der Waals surface area contributed by atoms with Crippen LogP contribution in [0.4, 0.5) is 17.3 Å². The minimum atomic E-state index is -0.142. The van der Waals surface area contributed by atoms with Crippen molar-refractivity contribution >= 4 is 23.2 Å². The zero-order valence-corrected chi connectivity index (χ0v) is 16.3. The average Bonchev–Trinajstić information content (AvgIpc) is 2.80. The average molecular weight is 389 g/mol. The van der Waals surface area contributed by atoms with Crippen LogP contribution in [0.3, 0.4) is 0 Å². The maximum Gasteiger partial charge on any atom is 0.255 e. The van der Waals surface area contributed by atoms with E-state index in [2.05, 4.69) is 25.1 Å². The Morgan fingerprint density at radius 3 is 2.14 bits per heavy atom. The van der Waals surface area contributed by atoms with E-state index in [9.17, 15) is 4.79 Å². The highest BCUT2D eigenvalue weighted by atomic mass is 16.5. The number of nitrogens with zero attached hydrogens (tertiary/aromatic N) is 4. The van der Waals surface area contributed by atoms with Crippen LogP contribution in [0.2, 0.25) is 0 Å². The fourth-order valence-electron chi connectivity index (χ4n) is 3.32. The number of hydrogen-bond acceptors (Lipinski definition) is 6. The fraction of sp³-hybridized carbons (Fsp3) is 0.227. The second-order valence-corrected chi connectivity index (χ2v) is 6.75. The summed E-state index contributed by atoms with van der Waals surface area (Å²) in [5, 5.41) is 2.93. The van der Waals surface area contributed by atoms with Crippen molar-refractivity contribution in [3.63, 3.8) is 0 Å². The molecule has 2 heterocycles. The van der Waals surface area contributed by atoms with Crippen LogP contribution in [-0.4, -0.2) is 49.2 Å². The van der Waals surface area contributed by atoms with Crippen molar-refractivity contribution in [2.24, 2.45) is 0 Å². The van der Waals surface area contributed by atoms with E-state index in [4.69, 9.17) is 4.74 Å². The number of anilines is 3. The van der Waals surface area contributed by atoms with E-state index >= 15 is 0 Å². The molecule has 0 bridgehead atoms. The number of amides is 1. The number of benzene rings is 2. The summed E-state index contributed by atoms with van der Waals surface area (Å²) in [7, 11) is 1.60. The van der Waals surface area contributed by atoms with Gasteiger partial charge in [0, 0.05) is 55.5 Å². The van der Waals surface area contributed by atoms with Crippen LogP contribution in [0, 0.1) is 0 Å². The summed E-state index contributed by atoms with van der Waals surface area (Å²) >= 11 is 0. The number of carbonyl (C=O) groups is 1. The summed E-state index contributed by atoms with van der Waals surface area (Å²) < 4.78 is 5.12. The lowest BCUT2D eigenvalue weighted by Gasteiger charge is -2.36. The lowest BCUT2D eigenvalue weighted by molar-refractivity contribution is 0.102. The Bertz CT molecular complexity index is 937. The Kier molecular flexibility index (Phi) is 5.56. The molecule has 29 heavy (non-hydrogen) atoms. The molecule has 4 rings (SSSR count). The first-order chi connectivity index (χ1) is 14.2. The second kappa shape index (κ2) is 8.60. The van der Waals surface area contributed by atoms with Gasteiger partial charge in [0.25, 0.3) is 5.91 Å². The molecule has 0 spiro atoms. The van der Waals surface area contributed by atoms with Crippen molar-refractivity contribution < 1.29 is 9.53 Å². The molecule has 0 unspecified atom stereocenters. The molecule has 3 aromatic rings. The molecule has 1 aliphatic rings. The van der Waals surface area contributed by atoms with Crippen LogP contribution in [0.15, 0.2) is 67.0 Å². The monoisotopic (exact) mass is 389 g/mol. The number of methoxy groups -OCH3 is 1. The molecule has 0 aliphatic carbocycles. The van der Waals surface area contributed by atoms with Crippen molar-refractivity contribution in [2.45, 2.75) is 0 Å². The number of piperazine rings is 1. The minimum Gasteiger partial charge on any atom is -0.497 e. The quantitative estimate of drug-likeness (QED) is 0.723. The molecule has 7 heteroatoms. The highest BCUT2D eigenvalue weighted by Gasteiger charge is 2.19. The lowest BCUT2D eigenvalue weighted by Crippen LogP contribution is -2.47. The van der Waals surface area contributed by atoms with Crippen LogP contribution in [0.25, 0.3) is 0 Å². The number of nitrogens with one attached hydrogen (secondary N) is 1. The molecule has 1 aromatic heterocycles. The van der Waals surface area contributed by atoms with E-state index in [-0.39, 0.29) is 5.91 Å². The van der Waals surface area contributed by atoms with Crippen LogP contribution >= 0.6 is 0 Å². The SMILES string of the molecule is COc1ccc(C(=O)Nc2ccc(N3CCN(c4ncccn4)CC3)cc2)cc1. The zero-order chi connectivity index (χ0) is 20.1. The van der Waals surface area contributed by atoms with E-state index in [0.29, 0.717) is 5.56 Å². The largest absolute Gasteiger partial charge is 0.497 e. The van der Waals surface area contributed by atoms with Gasteiger partial charge >= 0.3 is 0 Å². The Hall–Kier alpha value is -3.61. The molecular formula is C22H23N5O2. The first kappa shape index (κ1) is 18.7. The van der Waals surface area contributed by atoms with Gasteiger partial charge in [-0.15, -0.1) is 0 Å². The first-order valence-corrected chi connectivity index (χ1v) is 9.55. The molecule has 2 aromatic carbocycles. The topological polar surface area (TPSA) is 70.6 Å². The third kappa shape index (κ3) is 4.45. The van der Waals surface area contributed by atoms with Gasteiger partial charge in [-0.3, -0.25) is 4.79 Å². The van der Waals surface area contributed by atoms with Crippen molar-refractivity contribution in [1.29, 1.82) is 0 Å². The number of aromatic nitrogens is 2. The Balaban J connectivity index is 1.34. The van der Waals surface area contributed by atoms with E-state index in [1.54, 1.807) is 43.8 Å². The second-order valence-electron chi connectivity index (χ2n) is 6.75. The van der Waals surface area contributed by atoms with E-state index in [1.165, 1.54) is 0 Å². The van der Waals surface area contributed by atoms with E-state index in [0.717, 1.165) is 49.3 Å². The Morgan fingerprint density at radius 2 is 1.52 bits per heavy atom. The van der Waals surface area contributed by atoms with Crippen LogP contribution in [0.1, 0.15) is 10.4 Å². The molecule has 1 amide bonds. The van der Waals surface area contributed by atoms with E-state index in [1.807, 2.05) is 30.3 Å². The molecule has 1 aliphatic heterocycles. The van der Waals surface area contributed by atoms with Gasteiger partial charge in [-0.05, 0) is 54.6 Å². The van der Waals surface area contributed by atoms with Crippen molar-refractivity contribution in [3.8, 4) is 5.75 Å². The summed E-state index contributed by atoms with van der Waals surface area (Å²) in [5.74, 6) is 1.37. The highest BCUT2D eigenvalue weighted by Crippen LogP contribution is 2.21. The van der Waals surface area contributed by atoms with Gasteiger partial charge in [-0.2, -0.15) is 0 Å². The molecule has 7 nitrogen and oxygen atoms in total. The molecular weight excluding hydrogens is 366 g/mol. The first-order valence-electron chi connectivity index (χ1n) is 9.55. The van der Waals surface area contributed by atoms with Gasteiger partial charge in [0.05, 0.1) is 7.11 Å². The molecule has 0 radical (unpaired) electrons. The maximum absolute atomic E-state index is 12.4. The Labute approximate surface area is 170 Å². The van der Waals surface area contributed by atoms with E-state index < -0.39 is 0 Å². The number of rotatable bonds is 5. The smallest absolute Gasteiger partial charge is 0.255 e.